The van der Waals surface area contributed by atoms with Gasteiger partial charge in [0.05, 0.1) is 0 Å². The van der Waals surface area contributed by atoms with Crippen LogP contribution >= 0.6 is 0 Å². The Morgan fingerprint density at radius 1 is 1.14 bits per heavy atom. The standard InChI is InChI=1S/C16H31N3O2/c1-2-9-19-10-7-14(8-11-19)17-16(21)18-15-6-4-3-5-13(15)12-20/h13-15,20H,2-12H2,1H3,(H2,17,18,21). The summed E-state index contributed by atoms with van der Waals surface area (Å²) in [5, 5.41) is 15.6. The van der Waals surface area contributed by atoms with E-state index in [9.17, 15) is 9.90 Å². The summed E-state index contributed by atoms with van der Waals surface area (Å²) in [5.74, 6) is 0.232. The first-order chi connectivity index (χ1) is 10.2. The van der Waals surface area contributed by atoms with Crippen LogP contribution in [0.25, 0.3) is 0 Å². The summed E-state index contributed by atoms with van der Waals surface area (Å²) in [6.45, 7) is 5.72. The van der Waals surface area contributed by atoms with Gasteiger partial charge in [0.1, 0.15) is 0 Å². The van der Waals surface area contributed by atoms with E-state index < -0.39 is 0 Å². The van der Waals surface area contributed by atoms with Crippen LogP contribution in [0.15, 0.2) is 0 Å². The SMILES string of the molecule is CCCN1CCC(NC(=O)NC2CCCCC2CO)CC1. The predicted octanol–water partition coefficient (Wildman–Crippen LogP) is 1.71. The van der Waals surface area contributed by atoms with Gasteiger partial charge in [0, 0.05) is 37.7 Å². The summed E-state index contributed by atoms with van der Waals surface area (Å²) in [7, 11) is 0. The number of piperidine rings is 1. The molecule has 0 aromatic rings. The highest BCUT2D eigenvalue weighted by atomic mass is 16.3. The van der Waals surface area contributed by atoms with Crippen LogP contribution in [0, 0.1) is 5.92 Å². The molecular weight excluding hydrogens is 266 g/mol. The third-order valence-corrected chi connectivity index (χ3v) is 4.92. The molecule has 0 aromatic carbocycles. The molecule has 5 nitrogen and oxygen atoms in total. The molecule has 5 heteroatoms. The van der Waals surface area contributed by atoms with Crippen molar-refractivity contribution in [2.75, 3.05) is 26.2 Å². The lowest BCUT2D eigenvalue weighted by molar-refractivity contribution is 0.150. The number of nitrogens with one attached hydrogen (secondary N) is 2. The Labute approximate surface area is 128 Å². The molecule has 0 radical (unpaired) electrons. The number of carbonyl (C=O) groups excluding carboxylic acids is 1. The molecule has 2 atom stereocenters. The van der Waals surface area contributed by atoms with E-state index in [2.05, 4.69) is 22.5 Å². The highest BCUT2D eigenvalue weighted by molar-refractivity contribution is 5.74. The van der Waals surface area contributed by atoms with Gasteiger partial charge >= 0.3 is 6.03 Å². The maximum Gasteiger partial charge on any atom is 0.315 e. The number of hydrogen-bond acceptors (Lipinski definition) is 3. The summed E-state index contributed by atoms with van der Waals surface area (Å²) in [6.07, 6.45) is 7.62. The van der Waals surface area contributed by atoms with Crippen LogP contribution in [0.4, 0.5) is 4.79 Å². The Hall–Kier alpha value is -0.810. The van der Waals surface area contributed by atoms with E-state index in [1.165, 1.54) is 19.4 Å². The number of urea groups is 1. The minimum absolute atomic E-state index is 0.0470. The lowest BCUT2D eigenvalue weighted by atomic mass is 9.85. The topological polar surface area (TPSA) is 64.6 Å². The minimum atomic E-state index is -0.0470. The summed E-state index contributed by atoms with van der Waals surface area (Å²) in [6, 6.07) is 0.396. The Balaban J connectivity index is 1.70. The van der Waals surface area contributed by atoms with E-state index in [1.807, 2.05) is 0 Å². The van der Waals surface area contributed by atoms with Gasteiger partial charge in [0.2, 0.25) is 0 Å². The molecule has 1 aliphatic heterocycles. The van der Waals surface area contributed by atoms with Crippen molar-refractivity contribution in [1.82, 2.24) is 15.5 Å². The molecule has 1 saturated carbocycles. The van der Waals surface area contributed by atoms with Gasteiger partial charge in [0.25, 0.3) is 0 Å². The normalized spacial score (nSPS) is 28.3. The van der Waals surface area contributed by atoms with E-state index in [0.717, 1.165) is 45.2 Å². The van der Waals surface area contributed by atoms with Crippen LogP contribution in [-0.4, -0.2) is 54.4 Å². The average Bonchev–Trinajstić information content (AvgIpc) is 2.50. The lowest BCUT2D eigenvalue weighted by Crippen LogP contribution is -2.52. The molecule has 1 aliphatic carbocycles. The molecule has 2 unspecified atom stereocenters. The Morgan fingerprint density at radius 2 is 1.86 bits per heavy atom. The highest BCUT2D eigenvalue weighted by Crippen LogP contribution is 2.23. The van der Waals surface area contributed by atoms with E-state index >= 15 is 0 Å². The van der Waals surface area contributed by atoms with Crippen LogP contribution < -0.4 is 10.6 Å². The molecule has 0 spiro atoms. The van der Waals surface area contributed by atoms with Gasteiger partial charge < -0.3 is 20.6 Å². The Morgan fingerprint density at radius 3 is 2.52 bits per heavy atom. The predicted molar refractivity (Wildman–Crippen MR) is 84.3 cm³/mol. The van der Waals surface area contributed by atoms with Gasteiger partial charge in [-0.05, 0) is 38.6 Å². The number of likely N-dealkylation sites (tertiary alicyclic amines) is 1. The number of carbonyl (C=O) groups is 1. The second-order valence-corrected chi connectivity index (χ2v) is 6.57. The minimum Gasteiger partial charge on any atom is -0.396 e. The molecule has 1 saturated heterocycles. The first-order valence-electron chi connectivity index (χ1n) is 8.63. The molecule has 2 amide bonds. The molecule has 1 heterocycles. The number of hydrogen-bond donors (Lipinski definition) is 3. The molecule has 122 valence electrons. The fourth-order valence-corrected chi connectivity index (χ4v) is 3.63. The van der Waals surface area contributed by atoms with Crippen molar-refractivity contribution in [2.45, 2.75) is 64.0 Å². The van der Waals surface area contributed by atoms with Gasteiger partial charge in [-0.15, -0.1) is 0 Å². The summed E-state index contributed by atoms with van der Waals surface area (Å²) in [4.78, 5) is 14.6. The van der Waals surface area contributed by atoms with Crippen molar-refractivity contribution in [3.8, 4) is 0 Å². The molecule has 2 rings (SSSR count). The van der Waals surface area contributed by atoms with E-state index in [1.54, 1.807) is 0 Å². The number of aliphatic hydroxyl groups is 1. The fraction of sp³-hybridized carbons (Fsp3) is 0.938. The van der Waals surface area contributed by atoms with Gasteiger partial charge in [-0.1, -0.05) is 19.8 Å². The van der Waals surface area contributed by atoms with Crippen LogP contribution in [-0.2, 0) is 0 Å². The van der Waals surface area contributed by atoms with E-state index in [0.29, 0.717) is 6.04 Å². The number of rotatable bonds is 5. The van der Waals surface area contributed by atoms with Crippen LogP contribution in [0.2, 0.25) is 0 Å². The second-order valence-electron chi connectivity index (χ2n) is 6.57. The first-order valence-corrected chi connectivity index (χ1v) is 8.63. The molecule has 21 heavy (non-hydrogen) atoms. The van der Waals surface area contributed by atoms with Crippen molar-refractivity contribution >= 4 is 6.03 Å². The van der Waals surface area contributed by atoms with E-state index in [-0.39, 0.29) is 24.6 Å². The maximum atomic E-state index is 12.1. The summed E-state index contributed by atoms with van der Waals surface area (Å²) >= 11 is 0. The van der Waals surface area contributed by atoms with Crippen molar-refractivity contribution in [1.29, 1.82) is 0 Å². The second kappa shape index (κ2) is 8.59. The lowest BCUT2D eigenvalue weighted by Gasteiger charge is -2.34. The van der Waals surface area contributed by atoms with Crippen molar-refractivity contribution in [2.24, 2.45) is 5.92 Å². The zero-order chi connectivity index (χ0) is 15.1. The first kappa shape index (κ1) is 16.6. The summed E-state index contributed by atoms with van der Waals surface area (Å²) < 4.78 is 0. The van der Waals surface area contributed by atoms with Gasteiger partial charge in [0.15, 0.2) is 0 Å². The van der Waals surface area contributed by atoms with E-state index in [4.69, 9.17) is 0 Å². The van der Waals surface area contributed by atoms with Crippen LogP contribution in [0.5, 0.6) is 0 Å². The van der Waals surface area contributed by atoms with Gasteiger partial charge in [-0.25, -0.2) is 4.79 Å². The molecular formula is C16H31N3O2. The summed E-state index contributed by atoms with van der Waals surface area (Å²) in [5.41, 5.74) is 0. The quantitative estimate of drug-likeness (QED) is 0.724. The average molecular weight is 297 g/mol. The maximum absolute atomic E-state index is 12.1. The number of aliphatic hydroxyl groups excluding tert-OH is 1. The van der Waals surface area contributed by atoms with Crippen molar-refractivity contribution in [3.05, 3.63) is 0 Å². The molecule has 0 aromatic heterocycles. The monoisotopic (exact) mass is 297 g/mol. The van der Waals surface area contributed by atoms with Crippen LogP contribution in [0.3, 0.4) is 0 Å². The molecule has 0 bridgehead atoms. The fourth-order valence-electron chi connectivity index (χ4n) is 3.63. The zero-order valence-electron chi connectivity index (χ0n) is 13.3. The number of nitrogens with zero attached hydrogens (tertiary/aromatic N) is 1. The number of amides is 2. The Bertz CT molecular complexity index is 317. The Kier molecular flexibility index (Phi) is 6.77. The van der Waals surface area contributed by atoms with Crippen molar-refractivity contribution in [3.63, 3.8) is 0 Å². The van der Waals surface area contributed by atoms with Crippen LogP contribution in [0.1, 0.15) is 51.9 Å². The van der Waals surface area contributed by atoms with Gasteiger partial charge in [-0.2, -0.15) is 0 Å². The third kappa shape index (κ3) is 5.15. The largest absolute Gasteiger partial charge is 0.396 e. The third-order valence-electron chi connectivity index (χ3n) is 4.92. The molecule has 3 N–H and O–H groups in total. The molecule has 2 fully saturated rings. The zero-order valence-corrected chi connectivity index (χ0v) is 13.3. The van der Waals surface area contributed by atoms with Crippen molar-refractivity contribution < 1.29 is 9.90 Å². The molecule has 2 aliphatic rings. The van der Waals surface area contributed by atoms with Gasteiger partial charge in [-0.3, -0.25) is 0 Å². The smallest absolute Gasteiger partial charge is 0.315 e. The highest BCUT2D eigenvalue weighted by Gasteiger charge is 2.27.